The number of hydrogen-bond acceptors (Lipinski definition) is 3. The van der Waals surface area contributed by atoms with Crippen molar-refractivity contribution in [2.24, 2.45) is 0 Å². The van der Waals surface area contributed by atoms with Crippen LogP contribution in [0.2, 0.25) is 0 Å². The van der Waals surface area contributed by atoms with Crippen molar-refractivity contribution in [1.82, 2.24) is 0 Å². The molecule has 0 atom stereocenters. The van der Waals surface area contributed by atoms with Gasteiger partial charge in [0.25, 0.3) is 0 Å². The third-order valence-electron chi connectivity index (χ3n) is 4.56. The molecule has 0 aromatic carbocycles. The number of unbranched alkanes of at least 4 members (excludes halogenated alkanes) is 14. The molecule has 156 valence electrons. The normalized spacial score (nSPS) is 10.3. The third kappa shape index (κ3) is 28.9. The van der Waals surface area contributed by atoms with Crippen molar-refractivity contribution in [3.8, 4) is 0 Å². The van der Waals surface area contributed by atoms with Crippen LogP contribution in [0.1, 0.15) is 119 Å². The number of hydrogen-bond donors (Lipinski definition) is 1. The third-order valence-corrected chi connectivity index (χ3v) is 4.56. The van der Waals surface area contributed by atoms with E-state index in [9.17, 15) is 9.59 Å². The molecule has 0 aliphatic heterocycles. The Balaban J connectivity index is -0.000000521. The van der Waals surface area contributed by atoms with Gasteiger partial charge in [0.15, 0.2) is 0 Å². The number of carboxylic acid groups (broad SMARTS) is 1. The molecule has 0 spiro atoms. The molecule has 0 aliphatic rings. The quantitative estimate of drug-likeness (QED) is 0.148. The summed E-state index contributed by atoms with van der Waals surface area (Å²) in [6.45, 7) is 2.26. The molecule has 0 saturated heterocycles. The average molecular weight is 417 g/mol. The number of carboxylic acids is 1. The predicted octanol–water partition coefficient (Wildman–Crippen LogP) is 1.01. The Morgan fingerprint density at radius 3 is 1.61 bits per heavy atom. The molecule has 0 radical (unpaired) electrons. The Hall–Kier alpha value is 0.680. The monoisotopic (exact) mass is 416 g/mol. The molecule has 0 aromatic heterocycles. The van der Waals surface area contributed by atoms with Gasteiger partial charge in [-0.1, -0.05) is 90.4 Å². The van der Waals surface area contributed by atoms with Crippen molar-refractivity contribution in [2.45, 2.75) is 116 Å². The minimum absolute atomic E-state index is 0. The first kappa shape index (κ1) is 33.3. The van der Waals surface area contributed by atoms with Crippen molar-refractivity contribution >= 4 is 11.9 Å². The zero-order valence-corrected chi connectivity index (χ0v) is 22.8. The minimum Gasteiger partial charge on any atom is -1.00 e. The number of ether oxygens (including phenoxy) is 1. The summed E-state index contributed by atoms with van der Waals surface area (Å²) in [5, 5.41) is 8.46. The van der Waals surface area contributed by atoms with Crippen molar-refractivity contribution in [3.63, 3.8) is 0 Å². The molecule has 0 aliphatic carbocycles. The van der Waals surface area contributed by atoms with E-state index in [0.717, 1.165) is 12.8 Å². The van der Waals surface area contributed by atoms with E-state index in [1.54, 1.807) is 0 Å². The summed E-state index contributed by atoms with van der Waals surface area (Å²) >= 11 is 0. The fourth-order valence-electron chi connectivity index (χ4n) is 2.92. The van der Waals surface area contributed by atoms with Gasteiger partial charge in [-0.15, -0.1) is 0 Å². The Kier molecular flexibility index (Phi) is 32.9. The second-order valence-electron chi connectivity index (χ2n) is 7.14. The summed E-state index contributed by atoms with van der Waals surface area (Å²) in [6, 6.07) is 0. The number of allylic oxidation sites excluding steroid dienone is 1. The Morgan fingerprint density at radius 2 is 1.18 bits per heavy atom. The average Bonchev–Trinajstić information content (AvgIpc) is 2.62. The molecule has 6 heteroatoms. The predicted molar refractivity (Wildman–Crippen MR) is 109 cm³/mol. The first-order valence-electron chi connectivity index (χ1n) is 10.7. The topological polar surface area (TPSA) is 63.6 Å². The van der Waals surface area contributed by atoms with Gasteiger partial charge in [-0.2, -0.15) is 0 Å². The SMILES string of the molecule is CCCCCCCCCCCCCCCCC=COC(=O)CCC(=O)O.[H-].[H-].[Na+].[Na+]. The van der Waals surface area contributed by atoms with Crippen LogP contribution in [0.5, 0.6) is 0 Å². The smallest absolute Gasteiger partial charge is 1.00 e. The standard InChI is InChI=1S/C22H40O4.2Na.2H/c1-2-3-4-5-6-7-8-9-10-11-12-13-14-15-16-17-20-26-22(25)19-18-21(23)24;;;;/h17,20H,2-16,18-19H2,1H3,(H,23,24);;;;/q;2*+1;2*-1. The fraction of sp³-hybridized carbons (Fsp3) is 0.818. The summed E-state index contributed by atoms with van der Waals surface area (Å²) in [5.74, 6) is -1.46. The number of esters is 1. The second kappa shape index (κ2) is 27.7. The molecule has 0 unspecified atom stereocenters. The Labute approximate surface area is 220 Å². The molecule has 4 nitrogen and oxygen atoms in total. The zero-order chi connectivity index (χ0) is 19.3. The molecule has 0 fully saturated rings. The van der Waals surface area contributed by atoms with Crippen LogP contribution in [0.4, 0.5) is 0 Å². The van der Waals surface area contributed by atoms with Gasteiger partial charge in [0, 0.05) is 0 Å². The molecule has 0 bridgehead atoms. The van der Waals surface area contributed by atoms with Gasteiger partial charge in [-0.25, -0.2) is 0 Å². The number of carbonyl (C=O) groups excluding carboxylic acids is 1. The van der Waals surface area contributed by atoms with Gasteiger partial charge in [0.05, 0.1) is 19.1 Å². The number of carbonyl (C=O) groups is 2. The van der Waals surface area contributed by atoms with Crippen molar-refractivity contribution < 1.29 is 81.4 Å². The first-order chi connectivity index (χ1) is 12.7. The van der Waals surface area contributed by atoms with Gasteiger partial charge in [0.2, 0.25) is 0 Å². The maximum atomic E-state index is 11.2. The Morgan fingerprint density at radius 1 is 0.750 bits per heavy atom. The van der Waals surface area contributed by atoms with Gasteiger partial charge < -0.3 is 12.7 Å². The zero-order valence-electron chi connectivity index (χ0n) is 20.8. The molecule has 0 saturated carbocycles. The molecule has 0 aromatic rings. The van der Waals surface area contributed by atoms with E-state index >= 15 is 0 Å². The Bertz CT molecular complexity index is 384. The summed E-state index contributed by atoms with van der Waals surface area (Å²) in [5.41, 5.74) is 0. The number of aliphatic carboxylic acids is 1. The van der Waals surface area contributed by atoms with Crippen LogP contribution in [0, 0.1) is 0 Å². The summed E-state index contributed by atoms with van der Waals surface area (Å²) in [4.78, 5) is 21.5. The van der Waals surface area contributed by atoms with E-state index in [1.165, 1.54) is 89.7 Å². The van der Waals surface area contributed by atoms with Crippen molar-refractivity contribution in [2.75, 3.05) is 0 Å². The van der Waals surface area contributed by atoms with Gasteiger partial charge >= 0.3 is 71.1 Å². The van der Waals surface area contributed by atoms with Crippen LogP contribution >= 0.6 is 0 Å². The van der Waals surface area contributed by atoms with E-state index in [4.69, 9.17) is 9.84 Å². The van der Waals surface area contributed by atoms with E-state index < -0.39 is 11.9 Å². The molecule has 0 rings (SSSR count). The maximum absolute atomic E-state index is 11.2. The van der Waals surface area contributed by atoms with Crippen LogP contribution in [0.25, 0.3) is 0 Å². The summed E-state index contributed by atoms with van der Waals surface area (Å²) in [6.07, 6.45) is 22.8. The molecule has 0 heterocycles. The molecular formula is C22H42Na2O4. The van der Waals surface area contributed by atoms with Crippen LogP contribution in [0.3, 0.4) is 0 Å². The van der Waals surface area contributed by atoms with E-state index in [-0.39, 0.29) is 74.8 Å². The van der Waals surface area contributed by atoms with Gasteiger partial charge in [-0.05, 0) is 18.9 Å². The van der Waals surface area contributed by atoms with Crippen molar-refractivity contribution in [1.29, 1.82) is 0 Å². The minimum atomic E-state index is -0.978. The van der Waals surface area contributed by atoms with Crippen LogP contribution in [-0.2, 0) is 14.3 Å². The van der Waals surface area contributed by atoms with Crippen LogP contribution < -0.4 is 59.1 Å². The summed E-state index contributed by atoms with van der Waals surface area (Å²) < 4.78 is 4.83. The largest absolute Gasteiger partial charge is 1.00 e. The van der Waals surface area contributed by atoms with Crippen LogP contribution in [0.15, 0.2) is 12.3 Å². The molecule has 28 heavy (non-hydrogen) atoms. The molecule has 1 N–H and O–H groups in total. The summed E-state index contributed by atoms with van der Waals surface area (Å²) in [7, 11) is 0. The van der Waals surface area contributed by atoms with E-state index in [2.05, 4.69) is 6.92 Å². The maximum Gasteiger partial charge on any atom is 1.00 e. The van der Waals surface area contributed by atoms with E-state index in [1.807, 2.05) is 6.08 Å². The molecular weight excluding hydrogens is 374 g/mol. The fourth-order valence-corrected chi connectivity index (χ4v) is 2.92. The molecule has 0 amide bonds. The van der Waals surface area contributed by atoms with Crippen molar-refractivity contribution in [3.05, 3.63) is 12.3 Å². The number of rotatable bonds is 19. The van der Waals surface area contributed by atoms with Gasteiger partial charge in [-0.3, -0.25) is 9.59 Å². The van der Waals surface area contributed by atoms with Gasteiger partial charge in [0.1, 0.15) is 0 Å². The van der Waals surface area contributed by atoms with Crippen LogP contribution in [-0.4, -0.2) is 17.0 Å². The van der Waals surface area contributed by atoms with E-state index in [0.29, 0.717) is 0 Å². The first-order valence-corrected chi connectivity index (χ1v) is 10.7. The second-order valence-corrected chi connectivity index (χ2v) is 7.14.